The normalized spacial score (nSPS) is 4.50. The van der Waals surface area contributed by atoms with Gasteiger partial charge in [-0.2, -0.15) is 0 Å². The van der Waals surface area contributed by atoms with E-state index < -0.39 is 7.32 Å². The summed E-state index contributed by atoms with van der Waals surface area (Å²) in [5.74, 6) is 0. The van der Waals surface area contributed by atoms with Gasteiger partial charge in [0.15, 0.2) is 0 Å². The molecule has 0 unspecified atom stereocenters. The second-order valence-electron chi connectivity index (χ2n) is 0.346. The first-order valence-corrected chi connectivity index (χ1v) is 0.775. The van der Waals surface area contributed by atoms with Crippen molar-refractivity contribution in [1.29, 1.82) is 0 Å². The van der Waals surface area contributed by atoms with Crippen molar-refractivity contribution in [1.82, 2.24) is 0 Å². The Labute approximate surface area is 101 Å². The van der Waals surface area contributed by atoms with E-state index in [4.69, 9.17) is 15.1 Å². The molecule has 0 heterocycles. The van der Waals surface area contributed by atoms with Gasteiger partial charge in [-0.05, 0) is 0 Å². The number of hydrogen-bond acceptors (Lipinski definition) is 3. The Bertz CT molecular complexity index is 22.0. The van der Waals surface area contributed by atoms with Crippen molar-refractivity contribution in [2.24, 2.45) is 0 Å². The Morgan fingerprint density at radius 1 is 1.17 bits per heavy atom. The van der Waals surface area contributed by atoms with Gasteiger partial charge in [-0.15, -0.1) is 0 Å². The van der Waals surface area contributed by atoms with E-state index in [9.17, 15) is 0 Å². The van der Waals surface area contributed by atoms with Gasteiger partial charge in [0.2, 0.25) is 0 Å². The van der Waals surface area contributed by atoms with Crippen LogP contribution in [0, 0.1) is 39.9 Å². The minimum atomic E-state index is -2.17. The minimum absolute atomic E-state index is 0. The van der Waals surface area contributed by atoms with Crippen LogP contribution in [-0.2, 0) is 0 Å². The van der Waals surface area contributed by atoms with Crippen LogP contribution in [0.2, 0.25) is 0 Å². The van der Waals surface area contributed by atoms with Crippen LogP contribution in [0.5, 0.6) is 0 Å². The molecule has 0 bridgehead atoms. The summed E-state index contributed by atoms with van der Waals surface area (Å²) >= 11 is 0. The minimum Gasteiger partial charge on any atom is -1.00 e. The quantitative estimate of drug-likeness (QED) is 0.433. The molecule has 0 aliphatic rings. The zero-order valence-electron chi connectivity index (χ0n) is 4.98. The van der Waals surface area contributed by atoms with Gasteiger partial charge in [0.1, 0.15) is 0 Å². The predicted octanol–water partition coefficient (Wildman–Crippen LogP) is -2.21. The van der Waals surface area contributed by atoms with Crippen LogP contribution >= 0.6 is 0 Å². The van der Waals surface area contributed by atoms with Gasteiger partial charge in [-0.1, -0.05) is 0 Å². The third-order valence-electron chi connectivity index (χ3n) is 0. The molecule has 0 atom stereocenters. The third-order valence-corrected chi connectivity index (χ3v) is 0. The molecule has 36 valence electrons. The largest absolute Gasteiger partial charge is 2.00 e. The second-order valence-corrected chi connectivity index (χ2v) is 0.346. The fraction of sp³-hybridized carbons (Fsp3) is 0. The van der Waals surface area contributed by atoms with Crippen LogP contribution < -0.4 is 0 Å². The first-order valence-electron chi connectivity index (χ1n) is 0.775. The zero-order chi connectivity index (χ0) is 3.58. The average molecular weight is 261 g/mol. The molecule has 0 aliphatic heterocycles. The fourth-order valence-electron chi connectivity index (χ4n) is 0. The van der Waals surface area contributed by atoms with Crippen LogP contribution in [0.25, 0.3) is 0 Å². The Hall–Kier alpha value is 2.53. The summed E-state index contributed by atoms with van der Waals surface area (Å²) in [6.45, 7) is 0. The molecule has 0 aromatic rings. The first kappa shape index (κ1) is 15.8. The molecule has 0 saturated heterocycles. The Kier molecular flexibility index (Phi) is 27.7. The summed E-state index contributed by atoms with van der Waals surface area (Å²) in [4.78, 5) is 0. The van der Waals surface area contributed by atoms with E-state index in [-0.39, 0.29) is 80.5 Å². The van der Waals surface area contributed by atoms with Crippen LogP contribution in [0.15, 0.2) is 0 Å². The van der Waals surface area contributed by atoms with Gasteiger partial charge in [0, 0.05) is 39.9 Å². The zero-order valence-corrected chi connectivity index (χ0v) is 7.46. The SMILES string of the molecule is OB(O)O.[Ca+2].[Gd].[H-].[H-]. The molecule has 6 heavy (non-hydrogen) atoms. The monoisotopic (exact) mass is 262 g/mol. The summed E-state index contributed by atoms with van der Waals surface area (Å²) in [5.41, 5.74) is 0. The van der Waals surface area contributed by atoms with Crippen LogP contribution in [-0.4, -0.2) is 60.1 Å². The summed E-state index contributed by atoms with van der Waals surface area (Å²) in [6, 6.07) is 0. The Morgan fingerprint density at radius 2 is 1.17 bits per heavy atom. The molecule has 0 radical (unpaired) electrons. The maximum absolute atomic E-state index is 7.17. The number of rotatable bonds is 0. The molecule has 0 aliphatic carbocycles. The molecule has 6 heteroatoms. The standard InChI is InChI=1S/BH3O3.Ca.Gd.2H/c2-1(3)4;;;;/h2-4H;;;;/q;+2;;2*-1. The van der Waals surface area contributed by atoms with Gasteiger partial charge >= 0.3 is 45.1 Å². The maximum Gasteiger partial charge on any atom is 2.00 e. The van der Waals surface area contributed by atoms with Crippen molar-refractivity contribution in [2.75, 3.05) is 0 Å². The molecule has 0 amide bonds. The van der Waals surface area contributed by atoms with Gasteiger partial charge in [-0.25, -0.2) is 0 Å². The molecule has 0 spiro atoms. The van der Waals surface area contributed by atoms with Crippen LogP contribution in [0.4, 0.5) is 0 Å². The smallest absolute Gasteiger partial charge is 1.00 e. The molecule has 0 aromatic carbocycles. The van der Waals surface area contributed by atoms with Crippen molar-refractivity contribution in [3.63, 3.8) is 0 Å². The summed E-state index contributed by atoms with van der Waals surface area (Å²) in [5, 5.41) is 21.5. The van der Waals surface area contributed by atoms with Crippen molar-refractivity contribution in [2.45, 2.75) is 0 Å². The molecular weight excluding hydrogens is 256 g/mol. The molecule has 0 aromatic heterocycles. The molecule has 0 saturated carbocycles. The van der Waals surface area contributed by atoms with E-state index in [0.717, 1.165) is 0 Å². The number of hydrogen-bond donors (Lipinski definition) is 3. The van der Waals surface area contributed by atoms with Crippen molar-refractivity contribution >= 4 is 45.1 Å². The van der Waals surface area contributed by atoms with Crippen molar-refractivity contribution < 1.29 is 57.9 Å². The van der Waals surface area contributed by atoms with Gasteiger partial charge in [0.05, 0.1) is 0 Å². The average Bonchev–Trinajstić information content (AvgIpc) is 0.811. The summed E-state index contributed by atoms with van der Waals surface area (Å²) < 4.78 is 0. The van der Waals surface area contributed by atoms with E-state index in [1.807, 2.05) is 0 Å². The maximum atomic E-state index is 7.17. The second kappa shape index (κ2) is 10.5. The third kappa shape index (κ3) is 31.2. The molecular formula is H5BCaGdO3. The topological polar surface area (TPSA) is 60.7 Å². The van der Waals surface area contributed by atoms with E-state index in [1.165, 1.54) is 0 Å². The van der Waals surface area contributed by atoms with Gasteiger partial charge < -0.3 is 17.9 Å². The molecule has 3 nitrogen and oxygen atoms in total. The molecule has 0 fully saturated rings. The molecule has 3 N–H and O–H groups in total. The van der Waals surface area contributed by atoms with Crippen LogP contribution in [0.3, 0.4) is 0 Å². The fourth-order valence-corrected chi connectivity index (χ4v) is 0. The molecule has 0 rings (SSSR count). The van der Waals surface area contributed by atoms with E-state index in [1.54, 1.807) is 0 Å². The van der Waals surface area contributed by atoms with Crippen molar-refractivity contribution in [3.05, 3.63) is 0 Å². The van der Waals surface area contributed by atoms with Gasteiger partial charge in [0.25, 0.3) is 0 Å². The van der Waals surface area contributed by atoms with Crippen molar-refractivity contribution in [3.8, 4) is 0 Å². The predicted molar refractivity (Wildman–Crippen MR) is 20.4 cm³/mol. The van der Waals surface area contributed by atoms with Gasteiger partial charge in [-0.3, -0.25) is 0 Å². The van der Waals surface area contributed by atoms with Crippen LogP contribution in [0.1, 0.15) is 2.85 Å². The van der Waals surface area contributed by atoms with E-state index in [0.29, 0.717) is 0 Å². The Balaban J connectivity index is -0.00000000750. The first-order chi connectivity index (χ1) is 1.73. The summed E-state index contributed by atoms with van der Waals surface area (Å²) in [7, 11) is -2.17. The Morgan fingerprint density at radius 3 is 1.17 bits per heavy atom. The van der Waals surface area contributed by atoms with E-state index >= 15 is 0 Å². The summed E-state index contributed by atoms with van der Waals surface area (Å²) in [6.07, 6.45) is 0. The van der Waals surface area contributed by atoms with E-state index in [2.05, 4.69) is 0 Å².